The first kappa shape index (κ1) is 33.8. The van der Waals surface area contributed by atoms with Gasteiger partial charge in [-0.05, 0) is 17.7 Å². The SMILES string of the molecule is CC.Cn1cc(-c2c3cccn(Cc4ccccc4)c-3nc2-c2c(C(F)F)nn3c2OC[C@@H](NC(=O)OC2CCOC2)C3)c(OC(F)F)n1.[HH]. The maximum absolute atomic E-state index is 14.7. The van der Waals surface area contributed by atoms with Crippen LogP contribution in [0.3, 0.4) is 0 Å². The van der Waals surface area contributed by atoms with Gasteiger partial charge in [0.2, 0.25) is 11.8 Å². The van der Waals surface area contributed by atoms with Crippen LogP contribution < -0.4 is 14.8 Å². The number of hydrogen-bond donors (Lipinski definition) is 1. The molecule has 49 heavy (non-hydrogen) atoms. The summed E-state index contributed by atoms with van der Waals surface area (Å²) in [5.41, 5.74) is 1.12. The quantitative estimate of drug-likeness (QED) is 0.177. The van der Waals surface area contributed by atoms with Gasteiger partial charge in [0.05, 0.1) is 42.6 Å². The van der Waals surface area contributed by atoms with Crippen LogP contribution in [0.15, 0.2) is 54.9 Å². The second-order valence-electron chi connectivity index (χ2n) is 11.2. The van der Waals surface area contributed by atoms with Gasteiger partial charge >= 0.3 is 12.7 Å². The standard InChI is InChI=1S/C31H29F4N7O5.C2H6.H2/c1-40-14-21(28(39-40)47-30(34)35)22-20-8-5-10-41(12-17-6-3-2-4-7-17)27(20)37-24(22)23-25(26(32)33)38-42-13-18(15-45-29(23)42)36-31(43)46-19-9-11-44-16-19;1-2;/h2-8,10,14,18-19,26,30H,9,11-13,15-16H2,1H3,(H,36,43);1-2H3;1H/t18-,19?;;/m0../s1. The number of nitrogens with one attached hydrogen (secondary N) is 1. The van der Waals surface area contributed by atoms with Gasteiger partial charge in [0.1, 0.15) is 24.2 Å². The molecule has 1 fully saturated rings. The molecule has 2 atom stereocenters. The Bertz CT molecular complexity index is 1860. The lowest BCUT2D eigenvalue weighted by Crippen LogP contribution is -2.46. The zero-order valence-electron chi connectivity index (χ0n) is 27.0. The number of alkyl halides is 4. The highest BCUT2D eigenvalue weighted by Crippen LogP contribution is 2.49. The van der Waals surface area contributed by atoms with Gasteiger partial charge in [0, 0.05) is 45.0 Å². The molecule has 1 aromatic carbocycles. The summed E-state index contributed by atoms with van der Waals surface area (Å²) in [6.07, 6.45) is -0.276. The molecule has 262 valence electrons. The van der Waals surface area contributed by atoms with Crippen molar-refractivity contribution in [3.63, 3.8) is 0 Å². The highest BCUT2D eigenvalue weighted by atomic mass is 19.3. The maximum atomic E-state index is 14.7. The van der Waals surface area contributed by atoms with Crippen molar-refractivity contribution in [1.29, 1.82) is 0 Å². The first-order valence-corrected chi connectivity index (χ1v) is 15.8. The molecule has 0 aliphatic carbocycles. The molecular weight excluding hydrogens is 650 g/mol. The molecule has 3 aromatic rings. The van der Waals surface area contributed by atoms with Crippen LogP contribution in [-0.4, -0.2) is 73.8 Å². The third kappa shape index (κ3) is 7.04. The molecule has 0 spiro atoms. The molecule has 0 radical (unpaired) electrons. The topological polar surface area (TPSA) is 119 Å². The summed E-state index contributed by atoms with van der Waals surface area (Å²) >= 11 is 0. The van der Waals surface area contributed by atoms with E-state index in [0.29, 0.717) is 37.6 Å². The predicted octanol–water partition coefficient (Wildman–Crippen LogP) is 6.39. The molecule has 4 aliphatic heterocycles. The summed E-state index contributed by atoms with van der Waals surface area (Å²) in [5, 5.41) is 10.9. The molecule has 12 nitrogen and oxygen atoms in total. The second kappa shape index (κ2) is 14.6. The van der Waals surface area contributed by atoms with Crippen LogP contribution >= 0.6 is 0 Å². The van der Waals surface area contributed by atoms with Crippen LogP contribution in [0.1, 0.15) is 39.4 Å². The van der Waals surface area contributed by atoms with Crippen molar-refractivity contribution < 1.29 is 42.7 Å². The van der Waals surface area contributed by atoms with Gasteiger partial charge in [-0.3, -0.25) is 4.68 Å². The number of hydrogen-bond acceptors (Lipinski definition) is 8. The maximum Gasteiger partial charge on any atom is 0.407 e. The molecular formula is C33H37F4N7O5. The molecule has 1 unspecified atom stereocenters. The highest BCUT2D eigenvalue weighted by molar-refractivity contribution is 5.97. The van der Waals surface area contributed by atoms with E-state index >= 15 is 0 Å². The number of halogens is 4. The number of aryl methyl sites for hydroxylation is 1. The summed E-state index contributed by atoms with van der Waals surface area (Å²) in [6.45, 7) is 1.92. The van der Waals surface area contributed by atoms with Gasteiger partial charge in [0.15, 0.2) is 0 Å². The minimum absolute atomic E-state index is 0. The number of pyridine rings is 1. The summed E-state index contributed by atoms with van der Waals surface area (Å²) < 4.78 is 82.2. The van der Waals surface area contributed by atoms with Crippen LogP contribution in [0.5, 0.6) is 11.8 Å². The fourth-order valence-electron chi connectivity index (χ4n) is 5.92. The zero-order valence-corrected chi connectivity index (χ0v) is 27.0. The van der Waals surface area contributed by atoms with E-state index in [-0.39, 0.29) is 48.9 Å². The van der Waals surface area contributed by atoms with Crippen molar-refractivity contribution in [2.45, 2.75) is 58.5 Å². The van der Waals surface area contributed by atoms with E-state index in [1.165, 1.54) is 22.6 Å². The Balaban J connectivity index is 0.00000159. The number of fused-ring (bicyclic) bond motifs is 2. The van der Waals surface area contributed by atoms with E-state index < -0.39 is 36.7 Å². The van der Waals surface area contributed by atoms with Crippen molar-refractivity contribution in [3.8, 4) is 45.5 Å². The van der Waals surface area contributed by atoms with Gasteiger partial charge in [-0.1, -0.05) is 44.2 Å². The second-order valence-corrected chi connectivity index (χ2v) is 11.2. The molecule has 2 aromatic heterocycles. The molecule has 1 saturated heterocycles. The Morgan fingerprint density at radius 3 is 2.57 bits per heavy atom. The molecule has 1 N–H and O–H groups in total. The first-order chi connectivity index (χ1) is 23.7. The molecule has 0 saturated carbocycles. The number of nitrogens with zero attached hydrogens (tertiary/aromatic N) is 6. The van der Waals surface area contributed by atoms with Crippen LogP contribution in [0, 0.1) is 0 Å². The first-order valence-electron chi connectivity index (χ1n) is 15.8. The lowest BCUT2D eigenvalue weighted by molar-refractivity contribution is -0.0527. The monoisotopic (exact) mass is 687 g/mol. The van der Waals surface area contributed by atoms with Crippen molar-refractivity contribution in [3.05, 3.63) is 66.1 Å². The molecule has 6 heterocycles. The fourth-order valence-corrected chi connectivity index (χ4v) is 5.92. The van der Waals surface area contributed by atoms with Crippen LogP contribution in [0.2, 0.25) is 0 Å². The van der Waals surface area contributed by atoms with E-state index in [1.807, 2.05) is 48.7 Å². The Labute approximate surface area is 280 Å². The third-order valence-corrected chi connectivity index (χ3v) is 7.90. The van der Waals surface area contributed by atoms with Crippen LogP contribution in [-0.2, 0) is 29.6 Å². The fraction of sp³-hybridized carbons (Fsp3) is 0.394. The summed E-state index contributed by atoms with van der Waals surface area (Å²) in [6, 6.07) is 12.4. The highest BCUT2D eigenvalue weighted by Gasteiger charge is 2.37. The van der Waals surface area contributed by atoms with E-state index in [2.05, 4.69) is 15.5 Å². The molecule has 0 bridgehead atoms. The van der Waals surface area contributed by atoms with Gasteiger partial charge in [-0.25, -0.2) is 23.2 Å². The normalized spacial score (nSPS) is 17.1. The van der Waals surface area contributed by atoms with E-state index in [0.717, 1.165) is 5.56 Å². The number of rotatable bonds is 9. The Morgan fingerprint density at radius 1 is 1.06 bits per heavy atom. The average Bonchev–Trinajstić information content (AvgIpc) is 3.87. The number of carbonyl (C=O) groups excluding carboxylic acids is 1. The van der Waals surface area contributed by atoms with Gasteiger partial charge in [0.25, 0.3) is 6.43 Å². The average molecular weight is 688 g/mol. The lowest BCUT2D eigenvalue weighted by Gasteiger charge is -2.25. The molecule has 1 amide bonds. The van der Waals surface area contributed by atoms with Crippen LogP contribution in [0.4, 0.5) is 22.4 Å². The number of benzene rings is 1. The molecule has 16 heteroatoms. The minimum atomic E-state index is -3.19. The summed E-state index contributed by atoms with van der Waals surface area (Å²) in [7, 11) is 1.53. The third-order valence-electron chi connectivity index (χ3n) is 7.90. The van der Waals surface area contributed by atoms with Gasteiger partial charge in [-0.2, -0.15) is 13.9 Å². The number of aromatic nitrogens is 6. The number of ether oxygens (including phenoxy) is 4. The number of amides is 1. The lowest BCUT2D eigenvalue weighted by atomic mass is 9.98. The Morgan fingerprint density at radius 2 is 1.86 bits per heavy atom. The Hall–Kier alpha value is -5.12. The van der Waals surface area contributed by atoms with E-state index in [1.54, 1.807) is 18.3 Å². The summed E-state index contributed by atoms with van der Waals surface area (Å²) in [5.74, 6) is 0.00431. The van der Waals surface area contributed by atoms with E-state index in [4.69, 9.17) is 23.9 Å². The zero-order chi connectivity index (χ0) is 34.7. The van der Waals surface area contributed by atoms with Crippen molar-refractivity contribution in [1.82, 2.24) is 34.4 Å². The molecule has 7 rings (SSSR count). The van der Waals surface area contributed by atoms with Crippen LogP contribution in [0.25, 0.3) is 33.8 Å². The minimum Gasteiger partial charge on any atom is -0.475 e. The van der Waals surface area contributed by atoms with Crippen molar-refractivity contribution in [2.75, 3.05) is 19.8 Å². The van der Waals surface area contributed by atoms with Crippen molar-refractivity contribution >= 4 is 6.09 Å². The number of alkyl carbamates (subject to hydrolysis) is 1. The Kier molecular flexibility index (Phi) is 10.0. The molecule has 4 aliphatic rings. The van der Waals surface area contributed by atoms with Gasteiger partial charge in [-0.15, -0.1) is 5.10 Å². The largest absolute Gasteiger partial charge is 0.475 e. The van der Waals surface area contributed by atoms with E-state index in [9.17, 15) is 22.4 Å². The summed E-state index contributed by atoms with van der Waals surface area (Å²) in [4.78, 5) is 17.3. The number of carbonyl (C=O) groups is 1. The van der Waals surface area contributed by atoms with Gasteiger partial charge < -0.3 is 28.8 Å². The smallest absolute Gasteiger partial charge is 0.407 e. The predicted molar refractivity (Wildman–Crippen MR) is 171 cm³/mol. The van der Waals surface area contributed by atoms with Crippen molar-refractivity contribution in [2.24, 2.45) is 7.05 Å².